The van der Waals surface area contributed by atoms with Crippen molar-refractivity contribution in [2.45, 2.75) is 13.5 Å². The first-order valence-corrected chi connectivity index (χ1v) is 7.09. The Morgan fingerprint density at radius 3 is 2.80 bits per heavy atom. The van der Waals surface area contributed by atoms with Crippen molar-refractivity contribution in [2.24, 2.45) is 5.92 Å². The number of anilines is 1. The molecule has 20 heavy (non-hydrogen) atoms. The van der Waals surface area contributed by atoms with Crippen molar-refractivity contribution in [3.05, 3.63) is 59.4 Å². The molecule has 2 aromatic rings. The minimum absolute atomic E-state index is 0.422. The number of halogens is 1. The van der Waals surface area contributed by atoms with Crippen LogP contribution >= 0.6 is 11.6 Å². The van der Waals surface area contributed by atoms with Crippen LogP contribution in [0.4, 0.5) is 5.69 Å². The van der Waals surface area contributed by atoms with E-state index in [1.807, 2.05) is 30.3 Å². The fourth-order valence-corrected chi connectivity index (χ4v) is 1.99. The van der Waals surface area contributed by atoms with Crippen molar-refractivity contribution in [2.75, 3.05) is 18.5 Å². The molecular formula is C16H19ClN2O. The number of ether oxygens (including phenoxy) is 1. The summed E-state index contributed by atoms with van der Waals surface area (Å²) >= 11 is 5.84. The molecular weight excluding hydrogens is 272 g/mol. The van der Waals surface area contributed by atoms with Crippen LogP contribution in [0.5, 0.6) is 0 Å². The minimum atomic E-state index is 0.422. The van der Waals surface area contributed by atoms with Gasteiger partial charge in [0.15, 0.2) is 0 Å². The topological polar surface area (TPSA) is 34.2 Å². The Hall–Kier alpha value is -1.58. The molecule has 1 aromatic heterocycles. The van der Waals surface area contributed by atoms with Gasteiger partial charge in [0.05, 0.1) is 13.2 Å². The van der Waals surface area contributed by atoms with Crippen molar-refractivity contribution < 1.29 is 4.74 Å². The molecule has 4 heteroatoms. The SMILES string of the molecule is CC(CNc1ccnc(Cl)c1)COCc1ccccc1. The zero-order valence-corrected chi connectivity index (χ0v) is 12.3. The highest BCUT2D eigenvalue weighted by Gasteiger charge is 2.03. The second-order valence-corrected chi connectivity index (χ2v) is 5.24. The van der Waals surface area contributed by atoms with E-state index in [4.69, 9.17) is 16.3 Å². The molecule has 0 saturated heterocycles. The van der Waals surface area contributed by atoms with E-state index in [0.717, 1.165) is 18.8 Å². The normalized spacial score (nSPS) is 12.1. The first-order valence-electron chi connectivity index (χ1n) is 6.71. The molecule has 2 rings (SSSR count). The lowest BCUT2D eigenvalue weighted by molar-refractivity contribution is 0.0955. The zero-order chi connectivity index (χ0) is 14.2. The van der Waals surface area contributed by atoms with Crippen LogP contribution in [0.3, 0.4) is 0 Å². The molecule has 0 aliphatic carbocycles. The molecule has 0 bridgehead atoms. The third kappa shape index (κ3) is 5.19. The van der Waals surface area contributed by atoms with Crippen LogP contribution in [-0.2, 0) is 11.3 Å². The van der Waals surface area contributed by atoms with E-state index in [-0.39, 0.29) is 0 Å². The van der Waals surface area contributed by atoms with Gasteiger partial charge >= 0.3 is 0 Å². The van der Waals surface area contributed by atoms with E-state index in [0.29, 0.717) is 17.7 Å². The number of hydrogen-bond donors (Lipinski definition) is 1. The Labute approximate surface area is 124 Å². The van der Waals surface area contributed by atoms with Gasteiger partial charge in [-0.25, -0.2) is 4.98 Å². The third-order valence-corrected chi connectivity index (χ3v) is 3.10. The summed E-state index contributed by atoms with van der Waals surface area (Å²) in [6.07, 6.45) is 1.70. The molecule has 1 heterocycles. The highest BCUT2D eigenvalue weighted by atomic mass is 35.5. The molecule has 0 fully saturated rings. The summed E-state index contributed by atoms with van der Waals surface area (Å²) in [6.45, 7) is 4.38. The van der Waals surface area contributed by atoms with Gasteiger partial charge in [-0.15, -0.1) is 0 Å². The summed E-state index contributed by atoms with van der Waals surface area (Å²) < 4.78 is 5.72. The van der Waals surface area contributed by atoms with Crippen LogP contribution in [0, 0.1) is 5.92 Å². The molecule has 0 aliphatic rings. The van der Waals surface area contributed by atoms with Gasteiger partial charge in [0.25, 0.3) is 0 Å². The summed E-state index contributed by atoms with van der Waals surface area (Å²) in [5.41, 5.74) is 2.19. The van der Waals surface area contributed by atoms with E-state index in [1.165, 1.54) is 5.56 Å². The van der Waals surface area contributed by atoms with Gasteiger partial charge in [0.1, 0.15) is 5.15 Å². The Bertz CT molecular complexity index is 519. The molecule has 3 nitrogen and oxygen atoms in total. The molecule has 0 spiro atoms. The van der Waals surface area contributed by atoms with Crippen LogP contribution in [0.2, 0.25) is 5.15 Å². The fraction of sp³-hybridized carbons (Fsp3) is 0.312. The Balaban J connectivity index is 1.67. The average molecular weight is 291 g/mol. The lowest BCUT2D eigenvalue weighted by Gasteiger charge is -2.14. The van der Waals surface area contributed by atoms with E-state index in [2.05, 4.69) is 29.4 Å². The summed E-state index contributed by atoms with van der Waals surface area (Å²) in [4.78, 5) is 3.95. The average Bonchev–Trinajstić information content (AvgIpc) is 2.46. The van der Waals surface area contributed by atoms with Crippen LogP contribution in [-0.4, -0.2) is 18.1 Å². The first kappa shape index (κ1) is 14.8. The van der Waals surface area contributed by atoms with Gasteiger partial charge in [-0.2, -0.15) is 0 Å². The third-order valence-electron chi connectivity index (χ3n) is 2.90. The van der Waals surface area contributed by atoms with Crippen LogP contribution in [0.25, 0.3) is 0 Å². The van der Waals surface area contributed by atoms with Crippen molar-refractivity contribution >= 4 is 17.3 Å². The second-order valence-electron chi connectivity index (χ2n) is 4.85. The lowest BCUT2D eigenvalue weighted by atomic mass is 10.2. The maximum Gasteiger partial charge on any atom is 0.131 e. The lowest BCUT2D eigenvalue weighted by Crippen LogP contribution is -2.16. The highest BCUT2D eigenvalue weighted by Crippen LogP contribution is 2.12. The molecule has 0 saturated carbocycles. The van der Waals surface area contributed by atoms with Gasteiger partial charge in [-0.1, -0.05) is 48.9 Å². The number of hydrogen-bond acceptors (Lipinski definition) is 3. The Kier molecular flexibility index (Phi) is 5.84. The maximum atomic E-state index is 5.84. The van der Waals surface area contributed by atoms with E-state index >= 15 is 0 Å². The molecule has 0 radical (unpaired) electrons. The van der Waals surface area contributed by atoms with Gasteiger partial charge in [-0.3, -0.25) is 0 Å². The molecule has 106 valence electrons. The summed E-state index contributed by atoms with van der Waals surface area (Å²) in [5.74, 6) is 0.422. The summed E-state index contributed by atoms with van der Waals surface area (Å²) in [6, 6.07) is 13.9. The minimum Gasteiger partial charge on any atom is -0.385 e. The molecule has 1 aromatic carbocycles. The Morgan fingerprint density at radius 1 is 1.25 bits per heavy atom. The van der Waals surface area contributed by atoms with E-state index < -0.39 is 0 Å². The van der Waals surface area contributed by atoms with E-state index in [1.54, 1.807) is 6.20 Å². The molecule has 0 amide bonds. The van der Waals surface area contributed by atoms with Crippen LogP contribution < -0.4 is 5.32 Å². The molecule has 1 N–H and O–H groups in total. The van der Waals surface area contributed by atoms with E-state index in [9.17, 15) is 0 Å². The smallest absolute Gasteiger partial charge is 0.131 e. The predicted octanol–water partition coefficient (Wildman–Crippen LogP) is 4.00. The fourth-order valence-electron chi connectivity index (χ4n) is 1.82. The summed E-state index contributed by atoms with van der Waals surface area (Å²) in [5, 5.41) is 3.83. The monoisotopic (exact) mass is 290 g/mol. The van der Waals surface area contributed by atoms with Crippen molar-refractivity contribution in [1.29, 1.82) is 0 Å². The summed E-state index contributed by atoms with van der Waals surface area (Å²) in [7, 11) is 0. The Morgan fingerprint density at radius 2 is 2.05 bits per heavy atom. The van der Waals surface area contributed by atoms with Gasteiger partial charge in [0.2, 0.25) is 0 Å². The standard InChI is InChI=1S/C16H19ClN2O/c1-13(10-19-15-7-8-18-16(17)9-15)11-20-12-14-5-3-2-4-6-14/h2-9,13H,10-12H2,1H3,(H,18,19). The largest absolute Gasteiger partial charge is 0.385 e. The molecule has 1 atom stereocenters. The van der Waals surface area contributed by atoms with Gasteiger partial charge in [-0.05, 0) is 23.6 Å². The van der Waals surface area contributed by atoms with Gasteiger partial charge in [0, 0.05) is 18.4 Å². The van der Waals surface area contributed by atoms with Crippen LogP contribution in [0.15, 0.2) is 48.7 Å². The quantitative estimate of drug-likeness (QED) is 0.783. The predicted molar refractivity (Wildman–Crippen MR) is 83.0 cm³/mol. The van der Waals surface area contributed by atoms with Gasteiger partial charge < -0.3 is 10.1 Å². The van der Waals surface area contributed by atoms with Crippen LogP contribution in [0.1, 0.15) is 12.5 Å². The molecule has 1 unspecified atom stereocenters. The number of rotatable bonds is 7. The number of nitrogens with one attached hydrogen (secondary N) is 1. The number of nitrogens with zero attached hydrogens (tertiary/aromatic N) is 1. The van der Waals surface area contributed by atoms with Crippen molar-refractivity contribution in [3.8, 4) is 0 Å². The first-order chi connectivity index (χ1) is 9.74. The number of benzene rings is 1. The number of aromatic nitrogens is 1. The second kappa shape index (κ2) is 7.88. The maximum absolute atomic E-state index is 5.84. The number of pyridine rings is 1. The highest BCUT2D eigenvalue weighted by molar-refractivity contribution is 6.29. The van der Waals surface area contributed by atoms with Crippen molar-refractivity contribution in [1.82, 2.24) is 4.98 Å². The zero-order valence-electron chi connectivity index (χ0n) is 11.6. The molecule has 0 aliphatic heterocycles. The van der Waals surface area contributed by atoms with Crippen molar-refractivity contribution in [3.63, 3.8) is 0 Å².